The second kappa shape index (κ2) is 8.82. The van der Waals surface area contributed by atoms with Gasteiger partial charge in [-0.1, -0.05) is 30.3 Å². The Hall–Kier alpha value is -2.38. The molecule has 3 rings (SSSR count). The molecule has 0 spiro atoms. The number of nitrogen functional groups attached to an aromatic ring is 1. The molecule has 26 heavy (non-hydrogen) atoms. The molecule has 1 atom stereocenters. The van der Waals surface area contributed by atoms with Crippen molar-refractivity contribution in [3.05, 3.63) is 42.0 Å². The Balaban J connectivity index is 1.66. The van der Waals surface area contributed by atoms with Crippen molar-refractivity contribution in [3.63, 3.8) is 0 Å². The lowest BCUT2D eigenvalue weighted by Gasteiger charge is -2.42. The molecule has 1 saturated heterocycles. The Kier molecular flexibility index (Phi) is 6.25. The van der Waals surface area contributed by atoms with Crippen LogP contribution in [0.15, 0.2) is 36.4 Å². The maximum Gasteiger partial charge on any atom is 0.225 e. The van der Waals surface area contributed by atoms with Crippen molar-refractivity contribution in [2.45, 2.75) is 18.9 Å². The summed E-state index contributed by atoms with van der Waals surface area (Å²) in [4.78, 5) is 13.1. The lowest BCUT2D eigenvalue weighted by atomic mass is 10.1. The van der Waals surface area contributed by atoms with Crippen molar-refractivity contribution >= 4 is 11.8 Å². The highest BCUT2D eigenvalue weighted by molar-refractivity contribution is 5.46. The zero-order chi connectivity index (χ0) is 18.4. The van der Waals surface area contributed by atoms with Gasteiger partial charge in [0.1, 0.15) is 5.82 Å². The lowest BCUT2D eigenvalue weighted by molar-refractivity contribution is 0.143. The fourth-order valence-electron chi connectivity index (χ4n) is 3.43. The molecule has 0 bridgehead atoms. The molecule has 1 aromatic heterocycles. The standard InChI is InChI=1S/C19H27N5O2/c1-26-18-13-17(21-19(20)22-18)24-11-10-23(16(14-24)8-12-25)9-7-15-5-3-2-4-6-15/h2-6,13,16,25H,7-12,14H2,1H3,(H2,20,21,22). The van der Waals surface area contributed by atoms with Crippen LogP contribution in [-0.4, -0.2) is 65.9 Å². The average molecular weight is 357 g/mol. The Bertz CT molecular complexity index is 698. The summed E-state index contributed by atoms with van der Waals surface area (Å²) in [6, 6.07) is 12.6. The van der Waals surface area contributed by atoms with Crippen LogP contribution in [0.1, 0.15) is 12.0 Å². The smallest absolute Gasteiger partial charge is 0.225 e. The van der Waals surface area contributed by atoms with E-state index in [-0.39, 0.29) is 18.6 Å². The number of ether oxygens (including phenoxy) is 1. The largest absolute Gasteiger partial charge is 0.481 e. The van der Waals surface area contributed by atoms with Gasteiger partial charge in [0, 0.05) is 44.9 Å². The number of anilines is 2. The van der Waals surface area contributed by atoms with E-state index in [9.17, 15) is 5.11 Å². The number of aliphatic hydroxyl groups excluding tert-OH is 1. The molecule has 1 aliphatic heterocycles. The van der Waals surface area contributed by atoms with Gasteiger partial charge in [-0.05, 0) is 18.4 Å². The van der Waals surface area contributed by atoms with Crippen LogP contribution < -0.4 is 15.4 Å². The molecule has 7 heteroatoms. The van der Waals surface area contributed by atoms with Gasteiger partial charge in [-0.3, -0.25) is 4.90 Å². The quantitative estimate of drug-likeness (QED) is 0.769. The monoisotopic (exact) mass is 357 g/mol. The minimum Gasteiger partial charge on any atom is -0.481 e. The summed E-state index contributed by atoms with van der Waals surface area (Å²) in [7, 11) is 1.57. The van der Waals surface area contributed by atoms with E-state index < -0.39 is 0 Å². The molecule has 0 saturated carbocycles. The molecule has 2 heterocycles. The predicted molar refractivity (Wildman–Crippen MR) is 102 cm³/mol. The maximum absolute atomic E-state index is 9.49. The molecular weight excluding hydrogens is 330 g/mol. The molecule has 0 amide bonds. The van der Waals surface area contributed by atoms with Gasteiger partial charge in [-0.15, -0.1) is 0 Å². The van der Waals surface area contributed by atoms with Crippen LogP contribution in [-0.2, 0) is 6.42 Å². The number of piperazine rings is 1. The van der Waals surface area contributed by atoms with Gasteiger partial charge < -0.3 is 20.5 Å². The summed E-state index contributed by atoms with van der Waals surface area (Å²) >= 11 is 0. The van der Waals surface area contributed by atoms with Crippen LogP contribution >= 0.6 is 0 Å². The summed E-state index contributed by atoms with van der Waals surface area (Å²) in [5.74, 6) is 1.46. The van der Waals surface area contributed by atoms with E-state index in [1.54, 1.807) is 7.11 Å². The summed E-state index contributed by atoms with van der Waals surface area (Å²) < 4.78 is 5.20. The van der Waals surface area contributed by atoms with Crippen LogP contribution in [0, 0.1) is 0 Å². The van der Waals surface area contributed by atoms with Crippen LogP contribution in [0.2, 0.25) is 0 Å². The predicted octanol–water partition coefficient (Wildman–Crippen LogP) is 1.18. The van der Waals surface area contributed by atoms with Crippen molar-refractivity contribution in [1.82, 2.24) is 14.9 Å². The molecule has 2 aromatic rings. The molecule has 0 radical (unpaired) electrons. The first-order chi connectivity index (χ1) is 12.7. The fraction of sp³-hybridized carbons (Fsp3) is 0.474. The van der Waals surface area contributed by atoms with E-state index in [2.05, 4.69) is 44.0 Å². The topological polar surface area (TPSA) is 87.7 Å². The van der Waals surface area contributed by atoms with E-state index in [4.69, 9.17) is 10.5 Å². The van der Waals surface area contributed by atoms with Crippen LogP contribution in [0.5, 0.6) is 5.88 Å². The summed E-state index contributed by atoms with van der Waals surface area (Å²) in [6.45, 7) is 3.74. The number of hydrogen-bond donors (Lipinski definition) is 2. The first kappa shape index (κ1) is 18.4. The molecular formula is C19H27N5O2. The average Bonchev–Trinajstić information content (AvgIpc) is 2.67. The third kappa shape index (κ3) is 4.62. The number of aromatic nitrogens is 2. The highest BCUT2D eigenvalue weighted by Gasteiger charge is 2.27. The third-order valence-electron chi connectivity index (χ3n) is 4.84. The normalized spacial score (nSPS) is 18.1. The molecule has 1 unspecified atom stereocenters. The highest BCUT2D eigenvalue weighted by atomic mass is 16.5. The molecule has 140 valence electrons. The van der Waals surface area contributed by atoms with Gasteiger partial charge in [0.15, 0.2) is 0 Å². The van der Waals surface area contributed by atoms with Crippen molar-refractivity contribution in [2.24, 2.45) is 0 Å². The number of nitrogens with zero attached hydrogens (tertiary/aromatic N) is 4. The second-order valence-electron chi connectivity index (χ2n) is 6.51. The van der Waals surface area contributed by atoms with Crippen LogP contribution in [0.4, 0.5) is 11.8 Å². The Morgan fingerprint density at radius 1 is 1.23 bits per heavy atom. The van der Waals surface area contributed by atoms with E-state index in [1.807, 2.05) is 12.1 Å². The third-order valence-corrected chi connectivity index (χ3v) is 4.84. The number of benzene rings is 1. The van der Waals surface area contributed by atoms with Gasteiger partial charge in [0.25, 0.3) is 0 Å². The Labute approximate surface area is 154 Å². The van der Waals surface area contributed by atoms with E-state index >= 15 is 0 Å². The number of nitrogens with two attached hydrogens (primary N) is 1. The SMILES string of the molecule is COc1cc(N2CCN(CCc3ccccc3)C(CCO)C2)nc(N)n1. The lowest BCUT2D eigenvalue weighted by Crippen LogP contribution is -2.54. The Morgan fingerprint density at radius 3 is 2.77 bits per heavy atom. The number of aliphatic hydroxyl groups is 1. The zero-order valence-electron chi connectivity index (χ0n) is 15.2. The molecule has 3 N–H and O–H groups in total. The first-order valence-corrected chi connectivity index (χ1v) is 9.02. The van der Waals surface area contributed by atoms with Gasteiger partial charge in [-0.2, -0.15) is 9.97 Å². The fourth-order valence-corrected chi connectivity index (χ4v) is 3.43. The number of hydrogen-bond acceptors (Lipinski definition) is 7. The van der Waals surface area contributed by atoms with Crippen molar-refractivity contribution in [3.8, 4) is 5.88 Å². The maximum atomic E-state index is 9.49. The summed E-state index contributed by atoms with van der Waals surface area (Å²) in [5.41, 5.74) is 7.13. The minimum absolute atomic E-state index is 0.176. The van der Waals surface area contributed by atoms with E-state index in [1.165, 1.54) is 5.56 Å². The molecule has 1 aromatic carbocycles. The zero-order valence-corrected chi connectivity index (χ0v) is 15.2. The summed E-state index contributed by atoms with van der Waals surface area (Å²) in [5, 5.41) is 9.49. The van der Waals surface area contributed by atoms with Crippen molar-refractivity contribution < 1.29 is 9.84 Å². The molecule has 1 aliphatic rings. The van der Waals surface area contributed by atoms with Crippen molar-refractivity contribution in [1.29, 1.82) is 0 Å². The van der Waals surface area contributed by atoms with Gasteiger partial charge >= 0.3 is 0 Å². The molecule has 0 aliphatic carbocycles. The van der Waals surface area contributed by atoms with Crippen LogP contribution in [0.25, 0.3) is 0 Å². The molecule has 1 fully saturated rings. The number of methoxy groups -OCH3 is 1. The molecule has 7 nitrogen and oxygen atoms in total. The van der Waals surface area contributed by atoms with Gasteiger partial charge in [0.2, 0.25) is 11.8 Å². The number of rotatable bonds is 7. The minimum atomic E-state index is 0.176. The van der Waals surface area contributed by atoms with Gasteiger partial charge in [-0.25, -0.2) is 0 Å². The summed E-state index contributed by atoms with van der Waals surface area (Å²) in [6.07, 6.45) is 1.75. The Morgan fingerprint density at radius 2 is 2.04 bits per heavy atom. The van der Waals surface area contributed by atoms with E-state index in [0.717, 1.165) is 44.8 Å². The van der Waals surface area contributed by atoms with Crippen molar-refractivity contribution in [2.75, 3.05) is 50.5 Å². The van der Waals surface area contributed by atoms with Gasteiger partial charge in [0.05, 0.1) is 7.11 Å². The van der Waals surface area contributed by atoms with E-state index in [0.29, 0.717) is 5.88 Å². The second-order valence-corrected chi connectivity index (χ2v) is 6.51. The van der Waals surface area contributed by atoms with Crippen LogP contribution in [0.3, 0.4) is 0 Å². The highest BCUT2D eigenvalue weighted by Crippen LogP contribution is 2.23. The first-order valence-electron chi connectivity index (χ1n) is 9.02.